The molecule has 2 aromatic rings. The summed E-state index contributed by atoms with van der Waals surface area (Å²) in [5, 5.41) is 3.09. The van der Waals surface area contributed by atoms with Crippen LogP contribution >= 0.6 is 0 Å². The summed E-state index contributed by atoms with van der Waals surface area (Å²) in [5.74, 6) is 0. The van der Waals surface area contributed by atoms with Gasteiger partial charge in [-0.25, -0.2) is 0 Å². The third-order valence-corrected chi connectivity index (χ3v) is 3.15. The highest BCUT2D eigenvalue weighted by molar-refractivity contribution is 5.48. The number of alkyl halides is 3. The standard InChI is InChI=1S/C16H16F3N/c1-11-6-8-13(9-7-11)12(2)20-15-5-3-4-14(10-15)16(17,18)19/h3-10,12,20H,1-2H3. The monoisotopic (exact) mass is 279 g/mol. The minimum absolute atomic E-state index is 0.0564. The summed E-state index contributed by atoms with van der Waals surface area (Å²) in [7, 11) is 0. The average Bonchev–Trinajstić information content (AvgIpc) is 2.38. The topological polar surface area (TPSA) is 12.0 Å². The van der Waals surface area contributed by atoms with E-state index < -0.39 is 11.7 Å². The van der Waals surface area contributed by atoms with Crippen LogP contribution in [0, 0.1) is 6.92 Å². The van der Waals surface area contributed by atoms with Gasteiger partial charge in [0, 0.05) is 11.7 Å². The van der Waals surface area contributed by atoms with E-state index >= 15 is 0 Å². The summed E-state index contributed by atoms with van der Waals surface area (Å²) in [5.41, 5.74) is 2.01. The summed E-state index contributed by atoms with van der Waals surface area (Å²) in [6.07, 6.45) is -4.31. The Balaban J connectivity index is 2.15. The molecule has 20 heavy (non-hydrogen) atoms. The van der Waals surface area contributed by atoms with Crippen LogP contribution in [0.15, 0.2) is 48.5 Å². The lowest BCUT2D eigenvalue weighted by molar-refractivity contribution is -0.137. The lowest BCUT2D eigenvalue weighted by Gasteiger charge is -2.17. The molecule has 0 bridgehead atoms. The SMILES string of the molecule is Cc1ccc(C(C)Nc2cccc(C(F)(F)F)c2)cc1. The predicted molar refractivity (Wildman–Crippen MR) is 74.7 cm³/mol. The number of rotatable bonds is 3. The van der Waals surface area contributed by atoms with Crippen LogP contribution in [0.2, 0.25) is 0 Å². The maximum absolute atomic E-state index is 12.6. The Labute approximate surface area is 116 Å². The normalized spacial score (nSPS) is 13.1. The van der Waals surface area contributed by atoms with Crippen molar-refractivity contribution in [2.75, 3.05) is 5.32 Å². The lowest BCUT2D eigenvalue weighted by atomic mass is 10.1. The van der Waals surface area contributed by atoms with Crippen molar-refractivity contribution in [3.63, 3.8) is 0 Å². The lowest BCUT2D eigenvalue weighted by Crippen LogP contribution is -2.09. The fourth-order valence-corrected chi connectivity index (χ4v) is 1.97. The molecule has 0 radical (unpaired) electrons. The molecule has 1 nitrogen and oxygen atoms in total. The van der Waals surface area contributed by atoms with E-state index in [9.17, 15) is 13.2 Å². The van der Waals surface area contributed by atoms with Crippen LogP contribution in [0.25, 0.3) is 0 Å². The van der Waals surface area contributed by atoms with E-state index in [0.29, 0.717) is 5.69 Å². The average molecular weight is 279 g/mol. The van der Waals surface area contributed by atoms with Gasteiger partial charge in [0.2, 0.25) is 0 Å². The zero-order valence-electron chi connectivity index (χ0n) is 11.3. The molecule has 106 valence electrons. The molecule has 0 saturated heterocycles. The quantitative estimate of drug-likeness (QED) is 0.815. The van der Waals surface area contributed by atoms with Crippen LogP contribution in [0.1, 0.15) is 29.7 Å². The van der Waals surface area contributed by atoms with Gasteiger partial charge in [0.15, 0.2) is 0 Å². The summed E-state index contributed by atoms with van der Waals surface area (Å²) in [4.78, 5) is 0. The minimum Gasteiger partial charge on any atom is -0.379 e. The molecular formula is C16H16F3N. The second kappa shape index (κ2) is 5.57. The van der Waals surface area contributed by atoms with E-state index in [1.165, 1.54) is 6.07 Å². The van der Waals surface area contributed by atoms with Gasteiger partial charge < -0.3 is 5.32 Å². The number of halogens is 3. The minimum atomic E-state index is -4.31. The molecule has 0 amide bonds. The van der Waals surface area contributed by atoms with Gasteiger partial charge in [-0.2, -0.15) is 13.2 Å². The zero-order chi connectivity index (χ0) is 14.8. The van der Waals surface area contributed by atoms with Crippen LogP contribution in [-0.2, 0) is 6.18 Å². The molecule has 0 aromatic heterocycles. The zero-order valence-corrected chi connectivity index (χ0v) is 11.3. The van der Waals surface area contributed by atoms with Crippen LogP contribution in [0.5, 0.6) is 0 Å². The van der Waals surface area contributed by atoms with Gasteiger partial charge in [0.05, 0.1) is 5.56 Å². The van der Waals surface area contributed by atoms with Crippen molar-refractivity contribution >= 4 is 5.69 Å². The highest BCUT2D eigenvalue weighted by Gasteiger charge is 2.30. The first-order valence-electron chi connectivity index (χ1n) is 6.36. The van der Waals surface area contributed by atoms with Gasteiger partial charge in [-0.1, -0.05) is 35.9 Å². The second-order valence-electron chi connectivity index (χ2n) is 4.86. The van der Waals surface area contributed by atoms with Crippen molar-refractivity contribution in [1.29, 1.82) is 0 Å². The fraction of sp³-hybridized carbons (Fsp3) is 0.250. The summed E-state index contributed by atoms with van der Waals surface area (Å²) < 4.78 is 37.9. The molecule has 0 heterocycles. The predicted octanol–water partition coefficient (Wildman–Crippen LogP) is 5.19. The van der Waals surface area contributed by atoms with Gasteiger partial charge in [-0.05, 0) is 37.6 Å². The fourth-order valence-electron chi connectivity index (χ4n) is 1.97. The van der Waals surface area contributed by atoms with Crippen LogP contribution < -0.4 is 5.32 Å². The number of aryl methyl sites for hydroxylation is 1. The molecule has 0 aliphatic heterocycles. The van der Waals surface area contributed by atoms with Crippen molar-refractivity contribution in [1.82, 2.24) is 0 Å². The third-order valence-electron chi connectivity index (χ3n) is 3.15. The van der Waals surface area contributed by atoms with Crippen molar-refractivity contribution in [2.24, 2.45) is 0 Å². The first-order valence-corrected chi connectivity index (χ1v) is 6.36. The first kappa shape index (κ1) is 14.4. The first-order chi connectivity index (χ1) is 9.36. The van der Waals surface area contributed by atoms with E-state index in [1.807, 2.05) is 38.1 Å². The highest BCUT2D eigenvalue weighted by Crippen LogP contribution is 2.31. The smallest absolute Gasteiger partial charge is 0.379 e. The Morgan fingerprint density at radius 2 is 1.65 bits per heavy atom. The maximum atomic E-state index is 12.6. The van der Waals surface area contributed by atoms with Crippen LogP contribution in [0.4, 0.5) is 18.9 Å². The summed E-state index contributed by atoms with van der Waals surface area (Å²) >= 11 is 0. The number of nitrogens with one attached hydrogen (secondary N) is 1. The summed E-state index contributed by atoms with van der Waals surface area (Å²) in [6, 6.07) is 13.1. The van der Waals surface area contributed by atoms with Gasteiger partial charge in [-0.15, -0.1) is 0 Å². The number of benzene rings is 2. The molecule has 4 heteroatoms. The largest absolute Gasteiger partial charge is 0.416 e. The van der Waals surface area contributed by atoms with E-state index in [-0.39, 0.29) is 6.04 Å². The van der Waals surface area contributed by atoms with Crippen LogP contribution in [-0.4, -0.2) is 0 Å². The third kappa shape index (κ3) is 3.53. The molecule has 1 unspecified atom stereocenters. The molecule has 2 rings (SSSR count). The molecule has 0 fully saturated rings. The number of hydrogen-bond donors (Lipinski definition) is 1. The Morgan fingerprint density at radius 1 is 1.00 bits per heavy atom. The molecule has 2 aromatic carbocycles. The van der Waals surface area contributed by atoms with Crippen molar-refractivity contribution in [3.8, 4) is 0 Å². The molecule has 1 atom stereocenters. The Morgan fingerprint density at radius 3 is 2.25 bits per heavy atom. The molecule has 0 aliphatic carbocycles. The Bertz CT molecular complexity index is 573. The van der Waals surface area contributed by atoms with Gasteiger partial charge in [0.1, 0.15) is 0 Å². The summed E-state index contributed by atoms with van der Waals surface area (Å²) in [6.45, 7) is 3.92. The second-order valence-corrected chi connectivity index (χ2v) is 4.86. The van der Waals surface area contributed by atoms with Crippen molar-refractivity contribution < 1.29 is 13.2 Å². The van der Waals surface area contributed by atoms with Gasteiger partial charge >= 0.3 is 6.18 Å². The number of anilines is 1. The number of hydrogen-bond acceptors (Lipinski definition) is 1. The Hall–Kier alpha value is -1.97. The Kier molecular flexibility index (Phi) is 4.02. The van der Waals surface area contributed by atoms with Gasteiger partial charge in [-0.3, -0.25) is 0 Å². The molecular weight excluding hydrogens is 263 g/mol. The molecule has 0 spiro atoms. The molecule has 0 saturated carbocycles. The van der Waals surface area contributed by atoms with E-state index in [1.54, 1.807) is 6.07 Å². The van der Waals surface area contributed by atoms with Gasteiger partial charge in [0.25, 0.3) is 0 Å². The van der Waals surface area contributed by atoms with E-state index in [0.717, 1.165) is 23.3 Å². The van der Waals surface area contributed by atoms with E-state index in [4.69, 9.17) is 0 Å². The van der Waals surface area contributed by atoms with Crippen molar-refractivity contribution in [2.45, 2.75) is 26.1 Å². The van der Waals surface area contributed by atoms with Crippen molar-refractivity contribution in [3.05, 3.63) is 65.2 Å². The molecule has 1 N–H and O–H groups in total. The van der Waals surface area contributed by atoms with Crippen LogP contribution in [0.3, 0.4) is 0 Å². The van der Waals surface area contributed by atoms with E-state index in [2.05, 4.69) is 5.32 Å². The highest BCUT2D eigenvalue weighted by atomic mass is 19.4. The maximum Gasteiger partial charge on any atom is 0.416 e. The molecule has 0 aliphatic rings.